The molecule has 2 aromatic rings. The Morgan fingerprint density at radius 3 is 2.83 bits per heavy atom. The summed E-state index contributed by atoms with van der Waals surface area (Å²) in [6, 6.07) is 7.60. The van der Waals surface area contributed by atoms with E-state index in [0.717, 1.165) is 28.0 Å². The first kappa shape index (κ1) is 21.4. The monoisotopic (exact) mass is 449 g/mol. The summed E-state index contributed by atoms with van der Waals surface area (Å²) in [7, 11) is 0. The summed E-state index contributed by atoms with van der Waals surface area (Å²) in [6.45, 7) is 1.89. The number of amides is 1. The van der Waals surface area contributed by atoms with E-state index < -0.39 is 0 Å². The van der Waals surface area contributed by atoms with Gasteiger partial charge in [0.2, 0.25) is 5.91 Å². The molecule has 3 rings (SSSR count). The molecule has 1 aliphatic heterocycles. The lowest BCUT2D eigenvalue weighted by Gasteiger charge is -2.11. The Morgan fingerprint density at radius 1 is 1.38 bits per heavy atom. The molecule has 6 nitrogen and oxygen atoms in total. The van der Waals surface area contributed by atoms with Crippen LogP contribution in [0.4, 0.5) is 0 Å². The number of carbonyl (C=O) groups is 2. The lowest BCUT2D eigenvalue weighted by atomic mass is 10.1. The number of halogens is 1. The Bertz CT molecular complexity index is 1000. The van der Waals surface area contributed by atoms with E-state index in [1.54, 1.807) is 13.0 Å². The SMILES string of the molecule is CC(=O)c1ccc(-c2cc(Cl)c3c(c2)CC(CNC(=O)/C=C/C(=C/N)SN)O3)s1. The van der Waals surface area contributed by atoms with E-state index in [1.807, 2.05) is 24.3 Å². The summed E-state index contributed by atoms with van der Waals surface area (Å²) in [4.78, 5) is 25.8. The van der Waals surface area contributed by atoms with Gasteiger partial charge < -0.3 is 15.8 Å². The highest BCUT2D eigenvalue weighted by Crippen LogP contribution is 2.41. The summed E-state index contributed by atoms with van der Waals surface area (Å²) >= 11 is 8.82. The first-order valence-electron chi connectivity index (χ1n) is 8.76. The van der Waals surface area contributed by atoms with Gasteiger partial charge in [-0.25, -0.2) is 0 Å². The van der Waals surface area contributed by atoms with Crippen molar-refractivity contribution in [3.05, 3.63) is 63.0 Å². The van der Waals surface area contributed by atoms with Crippen molar-refractivity contribution in [3.8, 4) is 16.2 Å². The fraction of sp³-hybridized carbons (Fsp3) is 0.200. The molecule has 1 aromatic carbocycles. The van der Waals surface area contributed by atoms with Gasteiger partial charge >= 0.3 is 0 Å². The molecule has 0 aliphatic carbocycles. The number of nitrogens with two attached hydrogens (primary N) is 2. The molecule has 1 atom stereocenters. The van der Waals surface area contributed by atoms with Gasteiger partial charge in [-0.1, -0.05) is 11.6 Å². The average molecular weight is 450 g/mol. The summed E-state index contributed by atoms with van der Waals surface area (Å²) in [5.41, 5.74) is 7.31. The van der Waals surface area contributed by atoms with E-state index >= 15 is 0 Å². The number of thiophene rings is 1. The van der Waals surface area contributed by atoms with E-state index in [-0.39, 0.29) is 17.8 Å². The number of nitrogens with one attached hydrogen (secondary N) is 1. The van der Waals surface area contributed by atoms with Crippen molar-refractivity contribution < 1.29 is 14.3 Å². The number of allylic oxidation sites excluding steroid dienone is 1. The number of hydrogen-bond acceptors (Lipinski definition) is 7. The smallest absolute Gasteiger partial charge is 0.244 e. The normalized spacial score (nSPS) is 16.0. The van der Waals surface area contributed by atoms with E-state index in [4.69, 9.17) is 27.2 Å². The largest absolute Gasteiger partial charge is 0.486 e. The Labute approximate surface area is 182 Å². The van der Waals surface area contributed by atoms with Crippen LogP contribution in [0, 0.1) is 0 Å². The zero-order valence-corrected chi connectivity index (χ0v) is 18.0. The number of ketones is 1. The molecular weight excluding hydrogens is 430 g/mol. The minimum atomic E-state index is -0.264. The minimum absolute atomic E-state index is 0.0424. The maximum absolute atomic E-state index is 11.9. The van der Waals surface area contributed by atoms with Crippen LogP contribution in [-0.4, -0.2) is 24.3 Å². The van der Waals surface area contributed by atoms with Gasteiger partial charge in [0.25, 0.3) is 0 Å². The van der Waals surface area contributed by atoms with Crippen molar-refractivity contribution in [2.24, 2.45) is 10.9 Å². The van der Waals surface area contributed by atoms with Crippen LogP contribution in [0.15, 0.2) is 47.5 Å². The Balaban J connectivity index is 1.65. The first-order chi connectivity index (χ1) is 13.9. The molecule has 0 saturated heterocycles. The van der Waals surface area contributed by atoms with Crippen molar-refractivity contribution in [2.75, 3.05) is 6.54 Å². The van der Waals surface area contributed by atoms with Gasteiger partial charge in [0.05, 0.1) is 16.4 Å². The summed E-state index contributed by atoms with van der Waals surface area (Å²) in [6.07, 6.45) is 4.67. The zero-order chi connectivity index (χ0) is 21.0. The molecule has 1 unspecified atom stereocenters. The van der Waals surface area contributed by atoms with Crippen LogP contribution in [-0.2, 0) is 11.2 Å². The third-order valence-corrected chi connectivity index (χ3v) is 6.35. The molecule has 152 valence electrons. The van der Waals surface area contributed by atoms with Gasteiger partial charge in [-0.05, 0) is 54.8 Å². The van der Waals surface area contributed by atoms with Crippen LogP contribution < -0.4 is 20.9 Å². The zero-order valence-electron chi connectivity index (χ0n) is 15.6. The van der Waals surface area contributed by atoms with Crippen molar-refractivity contribution >= 4 is 46.6 Å². The number of carbonyl (C=O) groups excluding carboxylic acids is 2. The van der Waals surface area contributed by atoms with Gasteiger partial charge in [-0.15, -0.1) is 11.3 Å². The number of rotatable bonds is 7. The minimum Gasteiger partial charge on any atom is -0.486 e. The average Bonchev–Trinajstić information content (AvgIpc) is 3.34. The molecule has 0 saturated carbocycles. The molecule has 0 fully saturated rings. The third kappa shape index (κ3) is 5.22. The fourth-order valence-corrected chi connectivity index (χ4v) is 4.29. The van der Waals surface area contributed by atoms with E-state index in [2.05, 4.69) is 5.32 Å². The number of fused-ring (bicyclic) bond motifs is 1. The standard InChI is InChI=1S/C20H20ClN3O3S2/c1-11(25)17-3-4-18(28-17)12-6-13-7-14(27-20(13)16(21)8-12)10-24-19(26)5-2-15(9-22)29-23/h2-6,8-9,14H,7,10,22-23H2,1H3,(H,24,26)/b5-2+,15-9-. The van der Waals surface area contributed by atoms with Crippen molar-refractivity contribution in [1.82, 2.24) is 5.32 Å². The summed E-state index contributed by atoms with van der Waals surface area (Å²) < 4.78 is 5.91. The van der Waals surface area contributed by atoms with Crippen LogP contribution in [0.3, 0.4) is 0 Å². The van der Waals surface area contributed by atoms with Crippen molar-refractivity contribution in [2.45, 2.75) is 19.4 Å². The molecule has 29 heavy (non-hydrogen) atoms. The van der Waals surface area contributed by atoms with Crippen LogP contribution in [0.25, 0.3) is 10.4 Å². The molecule has 1 aromatic heterocycles. The van der Waals surface area contributed by atoms with Gasteiger partial charge in [0.15, 0.2) is 5.78 Å². The molecule has 0 bridgehead atoms. The Hall–Kier alpha value is -2.26. The van der Waals surface area contributed by atoms with E-state index in [1.165, 1.54) is 23.6 Å². The Kier molecular flexibility index (Phi) is 7.02. The molecule has 0 spiro atoms. The first-order valence-corrected chi connectivity index (χ1v) is 10.8. The highest BCUT2D eigenvalue weighted by molar-refractivity contribution is 8.01. The van der Waals surface area contributed by atoms with Crippen LogP contribution in [0.2, 0.25) is 5.02 Å². The molecule has 2 heterocycles. The van der Waals surface area contributed by atoms with Gasteiger partial charge in [-0.3, -0.25) is 14.7 Å². The molecular formula is C20H20ClN3O3S2. The van der Waals surface area contributed by atoms with E-state index in [0.29, 0.717) is 33.5 Å². The summed E-state index contributed by atoms with van der Waals surface area (Å²) in [5.74, 6) is 0.419. The van der Waals surface area contributed by atoms with Crippen molar-refractivity contribution in [3.63, 3.8) is 0 Å². The van der Waals surface area contributed by atoms with Crippen molar-refractivity contribution in [1.29, 1.82) is 0 Å². The molecule has 0 radical (unpaired) electrons. The third-order valence-electron chi connectivity index (χ3n) is 4.29. The van der Waals surface area contributed by atoms with Crippen LogP contribution >= 0.6 is 34.9 Å². The highest BCUT2D eigenvalue weighted by atomic mass is 35.5. The van der Waals surface area contributed by atoms with Crippen LogP contribution in [0.1, 0.15) is 22.2 Å². The number of benzene rings is 1. The maximum Gasteiger partial charge on any atom is 0.244 e. The lowest BCUT2D eigenvalue weighted by molar-refractivity contribution is -0.116. The van der Waals surface area contributed by atoms with Gasteiger partial charge in [-0.2, -0.15) is 0 Å². The lowest BCUT2D eigenvalue weighted by Crippen LogP contribution is -2.33. The summed E-state index contributed by atoms with van der Waals surface area (Å²) in [5, 5.41) is 8.73. The topological polar surface area (TPSA) is 107 Å². The fourth-order valence-electron chi connectivity index (χ4n) is 2.89. The molecule has 1 aliphatic rings. The molecule has 9 heteroatoms. The van der Waals surface area contributed by atoms with Gasteiger partial charge in [0.1, 0.15) is 11.9 Å². The number of ether oxygens (including phenoxy) is 1. The second-order valence-electron chi connectivity index (χ2n) is 6.38. The second kappa shape index (κ2) is 9.49. The highest BCUT2D eigenvalue weighted by Gasteiger charge is 2.26. The van der Waals surface area contributed by atoms with Gasteiger partial charge in [0, 0.05) is 34.0 Å². The Morgan fingerprint density at radius 2 is 2.17 bits per heavy atom. The molecule has 1 amide bonds. The van der Waals surface area contributed by atoms with E-state index in [9.17, 15) is 9.59 Å². The predicted octanol–water partition coefficient (Wildman–Crippen LogP) is 3.65. The number of hydrogen-bond donors (Lipinski definition) is 3. The van der Waals surface area contributed by atoms with Crippen LogP contribution in [0.5, 0.6) is 5.75 Å². The predicted molar refractivity (Wildman–Crippen MR) is 119 cm³/mol. The maximum atomic E-state index is 11.9. The second-order valence-corrected chi connectivity index (χ2v) is 8.57. The number of Topliss-reactive ketones (excluding diaryl/α,β-unsaturated/α-hetero) is 1. The molecule has 5 N–H and O–H groups in total. The quantitative estimate of drug-likeness (QED) is 0.258.